The molecule has 0 aromatic carbocycles. The first kappa shape index (κ1) is 19.5. The average Bonchev–Trinajstić information content (AvgIpc) is 3.17. The number of hydrogen-bond donors (Lipinski definition) is 1. The summed E-state index contributed by atoms with van der Waals surface area (Å²) in [6.45, 7) is 11.4. The van der Waals surface area contributed by atoms with Gasteiger partial charge in [0.2, 0.25) is 0 Å². The molecule has 0 amide bonds. The molecule has 146 valence electrons. The fraction of sp³-hybridized carbons (Fsp3) is 0.722. The molecule has 1 aromatic rings. The molecule has 0 radical (unpaired) electrons. The highest BCUT2D eigenvalue weighted by atomic mass is 32.2. The van der Waals surface area contributed by atoms with E-state index in [2.05, 4.69) is 22.3 Å². The van der Waals surface area contributed by atoms with E-state index in [4.69, 9.17) is 4.98 Å². The van der Waals surface area contributed by atoms with Crippen LogP contribution in [0, 0.1) is 6.92 Å². The Kier molecular flexibility index (Phi) is 6.17. The van der Waals surface area contributed by atoms with Gasteiger partial charge in [-0.15, -0.1) is 0 Å². The van der Waals surface area contributed by atoms with Crippen LogP contribution in [-0.4, -0.2) is 74.4 Å². The minimum Gasteiger partial charge on any atom is -0.369 e. The Morgan fingerprint density at radius 3 is 2.46 bits per heavy atom. The van der Waals surface area contributed by atoms with Crippen LogP contribution in [0.4, 0.5) is 5.69 Å². The first-order chi connectivity index (χ1) is 12.5. The van der Waals surface area contributed by atoms with Gasteiger partial charge in [0.25, 0.3) is 10.2 Å². The summed E-state index contributed by atoms with van der Waals surface area (Å²) in [5.74, 6) is 0.484. The summed E-state index contributed by atoms with van der Waals surface area (Å²) < 4.78 is 28.5. The molecule has 1 N–H and O–H groups in total. The maximum Gasteiger partial charge on any atom is 0.282 e. The zero-order chi connectivity index (χ0) is 18.7. The van der Waals surface area contributed by atoms with Gasteiger partial charge >= 0.3 is 0 Å². The highest BCUT2D eigenvalue weighted by molar-refractivity contribution is 7.86. The third-order valence-electron chi connectivity index (χ3n) is 5.40. The van der Waals surface area contributed by atoms with Crippen molar-refractivity contribution in [3.63, 3.8) is 0 Å². The lowest BCUT2D eigenvalue weighted by molar-refractivity contribution is 0.334. The molecule has 0 unspecified atom stereocenters. The highest BCUT2D eigenvalue weighted by Crippen LogP contribution is 2.26. The van der Waals surface area contributed by atoms with Crippen LogP contribution in [0.3, 0.4) is 0 Å². The van der Waals surface area contributed by atoms with Gasteiger partial charge in [-0.3, -0.25) is 4.98 Å². The largest absolute Gasteiger partial charge is 0.369 e. The maximum atomic E-state index is 12.7. The van der Waals surface area contributed by atoms with E-state index in [9.17, 15) is 8.42 Å². The Labute approximate surface area is 157 Å². The first-order valence-corrected chi connectivity index (χ1v) is 11.0. The Bertz CT molecular complexity index is 706. The van der Waals surface area contributed by atoms with E-state index < -0.39 is 10.2 Å². The molecule has 0 saturated carbocycles. The Hall–Kier alpha value is -1.22. The number of hydrogen-bond acceptors (Lipinski definition) is 5. The van der Waals surface area contributed by atoms with Crippen molar-refractivity contribution >= 4 is 15.9 Å². The number of pyridine rings is 1. The van der Waals surface area contributed by atoms with Crippen LogP contribution < -0.4 is 10.2 Å². The van der Waals surface area contributed by atoms with Crippen molar-refractivity contribution in [2.45, 2.75) is 33.1 Å². The lowest BCUT2D eigenvalue weighted by atomic mass is 10.0. The third-order valence-corrected chi connectivity index (χ3v) is 7.59. The van der Waals surface area contributed by atoms with Crippen molar-refractivity contribution in [1.82, 2.24) is 18.9 Å². The average molecular weight is 382 g/mol. The van der Waals surface area contributed by atoms with Crippen LogP contribution in [0.15, 0.2) is 12.1 Å². The second kappa shape index (κ2) is 8.21. The van der Waals surface area contributed by atoms with Crippen LogP contribution >= 0.6 is 0 Å². The van der Waals surface area contributed by atoms with Crippen molar-refractivity contribution in [2.24, 2.45) is 0 Å². The number of nitrogens with one attached hydrogen (secondary N) is 1. The van der Waals surface area contributed by atoms with E-state index in [0.717, 1.165) is 30.9 Å². The Balaban J connectivity index is 1.70. The molecule has 1 atom stereocenters. The summed E-state index contributed by atoms with van der Waals surface area (Å²) in [6, 6.07) is 4.31. The molecule has 0 bridgehead atoms. The van der Waals surface area contributed by atoms with Crippen LogP contribution in [0.1, 0.15) is 37.6 Å². The lowest BCUT2D eigenvalue weighted by Crippen LogP contribution is -2.53. The molecule has 3 rings (SSSR count). The summed E-state index contributed by atoms with van der Waals surface area (Å²) >= 11 is 0. The maximum absolute atomic E-state index is 12.7. The van der Waals surface area contributed by atoms with Gasteiger partial charge in [0.05, 0.1) is 0 Å². The van der Waals surface area contributed by atoms with Gasteiger partial charge < -0.3 is 10.2 Å². The van der Waals surface area contributed by atoms with E-state index in [1.165, 1.54) is 9.99 Å². The lowest BCUT2D eigenvalue weighted by Gasteiger charge is -2.37. The van der Waals surface area contributed by atoms with Gasteiger partial charge in [-0.1, -0.05) is 13.8 Å². The molecule has 0 aliphatic carbocycles. The van der Waals surface area contributed by atoms with Gasteiger partial charge in [-0.25, -0.2) is 0 Å². The molecule has 2 aliphatic rings. The molecular weight excluding hydrogens is 350 g/mol. The SMILES string of the molecule is CCN(CC)S(=O)(=O)N1CCN(c2cc(C)nc([C@H]3CCNC3)c2)CC1. The van der Waals surface area contributed by atoms with Crippen molar-refractivity contribution in [3.8, 4) is 0 Å². The van der Waals surface area contributed by atoms with E-state index in [1.54, 1.807) is 4.31 Å². The highest BCUT2D eigenvalue weighted by Gasteiger charge is 2.31. The molecule has 2 aliphatic heterocycles. The number of nitrogens with zero attached hydrogens (tertiary/aromatic N) is 4. The Morgan fingerprint density at radius 1 is 1.19 bits per heavy atom. The van der Waals surface area contributed by atoms with Gasteiger partial charge in [0.15, 0.2) is 0 Å². The molecule has 7 nitrogen and oxygen atoms in total. The number of rotatable bonds is 6. The number of piperazine rings is 1. The van der Waals surface area contributed by atoms with Crippen molar-refractivity contribution in [2.75, 3.05) is 57.3 Å². The standard InChI is InChI=1S/C18H31N5O2S/c1-4-22(5-2)26(24,25)23-10-8-21(9-11-23)17-12-15(3)20-18(13-17)16-6-7-19-14-16/h12-13,16,19H,4-11,14H2,1-3H3/t16-/m0/s1. The second-order valence-corrected chi connectivity index (χ2v) is 8.99. The normalized spacial score (nSPS) is 22.3. The molecule has 2 fully saturated rings. The predicted octanol–water partition coefficient (Wildman–Crippen LogP) is 1.18. The fourth-order valence-corrected chi connectivity index (χ4v) is 5.47. The van der Waals surface area contributed by atoms with Crippen molar-refractivity contribution in [1.29, 1.82) is 0 Å². The summed E-state index contributed by atoms with van der Waals surface area (Å²) in [4.78, 5) is 7.02. The first-order valence-electron chi connectivity index (χ1n) is 9.65. The van der Waals surface area contributed by atoms with Gasteiger partial charge in [-0.2, -0.15) is 17.0 Å². The predicted molar refractivity (Wildman–Crippen MR) is 105 cm³/mol. The van der Waals surface area contributed by atoms with E-state index in [-0.39, 0.29) is 0 Å². The van der Waals surface area contributed by atoms with Crippen molar-refractivity contribution < 1.29 is 8.42 Å². The van der Waals surface area contributed by atoms with Gasteiger partial charge in [-0.05, 0) is 32.0 Å². The van der Waals surface area contributed by atoms with Crippen LogP contribution in [0.2, 0.25) is 0 Å². The summed E-state index contributed by atoms with van der Waals surface area (Å²) in [5.41, 5.74) is 3.35. The minimum atomic E-state index is -3.34. The molecule has 2 saturated heterocycles. The van der Waals surface area contributed by atoms with Gasteiger partial charge in [0, 0.05) is 68.8 Å². The number of aryl methyl sites for hydroxylation is 1. The second-order valence-electron chi connectivity index (χ2n) is 7.06. The Morgan fingerprint density at radius 2 is 1.88 bits per heavy atom. The topological polar surface area (TPSA) is 68.8 Å². The smallest absolute Gasteiger partial charge is 0.282 e. The summed E-state index contributed by atoms with van der Waals surface area (Å²) in [6.07, 6.45) is 1.13. The third kappa shape index (κ3) is 4.03. The molecule has 1 aromatic heterocycles. The summed E-state index contributed by atoms with van der Waals surface area (Å²) in [7, 11) is -3.34. The van der Waals surface area contributed by atoms with E-state index >= 15 is 0 Å². The number of anilines is 1. The molecule has 0 spiro atoms. The van der Waals surface area contributed by atoms with Crippen LogP contribution in [0.5, 0.6) is 0 Å². The van der Waals surface area contributed by atoms with Gasteiger partial charge in [0.1, 0.15) is 0 Å². The van der Waals surface area contributed by atoms with Crippen LogP contribution in [-0.2, 0) is 10.2 Å². The summed E-state index contributed by atoms with van der Waals surface area (Å²) in [5, 5.41) is 3.40. The monoisotopic (exact) mass is 381 g/mol. The van der Waals surface area contributed by atoms with E-state index in [1.807, 2.05) is 20.8 Å². The molecule has 26 heavy (non-hydrogen) atoms. The number of aromatic nitrogens is 1. The quantitative estimate of drug-likeness (QED) is 0.801. The van der Waals surface area contributed by atoms with Crippen LogP contribution in [0.25, 0.3) is 0 Å². The fourth-order valence-electron chi connectivity index (χ4n) is 3.86. The molecule has 3 heterocycles. The van der Waals surface area contributed by atoms with E-state index in [0.29, 0.717) is 45.2 Å². The molecule has 8 heteroatoms. The minimum absolute atomic E-state index is 0.484. The molecular formula is C18H31N5O2S. The van der Waals surface area contributed by atoms with Crippen molar-refractivity contribution in [3.05, 3.63) is 23.5 Å². The zero-order valence-corrected chi connectivity index (χ0v) is 16.9. The zero-order valence-electron chi connectivity index (χ0n) is 16.1.